The van der Waals surface area contributed by atoms with Crippen LogP contribution in [0.2, 0.25) is 0 Å². The number of aryl methyl sites for hydroxylation is 1. The Morgan fingerprint density at radius 2 is 1.67 bits per heavy atom. The fourth-order valence-corrected chi connectivity index (χ4v) is 4.87. The Morgan fingerprint density at radius 3 is 2.38 bits per heavy atom. The summed E-state index contributed by atoms with van der Waals surface area (Å²) in [5.74, 6) is -0.695. The number of rotatable bonds is 11. The van der Waals surface area contributed by atoms with E-state index < -0.39 is 12.0 Å². The van der Waals surface area contributed by atoms with E-state index in [4.69, 9.17) is 9.47 Å². The number of Topliss-reactive ketones (excluding diaryl/α,β-unsaturated/α-hetero) is 1. The molecule has 7 heteroatoms. The van der Waals surface area contributed by atoms with Gasteiger partial charge in [-0.1, -0.05) is 55.5 Å². The highest BCUT2D eigenvalue weighted by Gasteiger charge is 2.27. The summed E-state index contributed by atoms with van der Waals surface area (Å²) in [7, 11) is 1.35. The molecule has 204 valence electrons. The van der Waals surface area contributed by atoms with Crippen LogP contribution < -0.4 is 10.1 Å². The highest BCUT2D eigenvalue weighted by Crippen LogP contribution is 2.29. The average molecular weight is 530 g/mol. The monoisotopic (exact) mass is 529 g/mol. The Labute approximate surface area is 229 Å². The van der Waals surface area contributed by atoms with Gasteiger partial charge in [0.15, 0.2) is 0 Å². The molecule has 0 radical (unpaired) electrons. The van der Waals surface area contributed by atoms with Crippen LogP contribution in [0, 0.1) is 5.92 Å². The maximum absolute atomic E-state index is 12.8. The molecule has 2 N–H and O–H groups in total. The van der Waals surface area contributed by atoms with E-state index in [9.17, 15) is 19.5 Å². The van der Waals surface area contributed by atoms with Gasteiger partial charge < -0.3 is 19.9 Å². The third-order valence-electron chi connectivity index (χ3n) is 7.18. The zero-order chi connectivity index (χ0) is 27.8. The summed E-state index contributed by atoms with van der Waals surface area (Å²) in [5, 5.41) is 13.4. The van der Waals surface area contributed by atoms with E-state index in [1.54, 1.807) is 12.1 Å². The van der Waals surface area contributed by atoms with Gasteiger partial charge in [0.05, 0.1) is 18.7 Å². The van der Waals surface area contributed by atoms with Crippen molar-refractivity contribution in [2.24, 2.45) is 5.92 Å². The number of aliphatic hydroxyl groups excluding tert-OH is 1. The summed E-state index contributed by atoms with van der Waals surface area (Å²) in [4.78, 5) is 37.0. The second-order valence-electron chi connectivity index (χ2n) is 10.1. The van der Waals surface area contributed by atoms with Gasteiger partial charge in [-0.05, 0) is 72.2 Å². The molecule has 3 aromatic rings. The van der Waals surface area contributed by atoms with Crippen molar-refractivity contribution in [3.05, 3.63) is 101 Å². The molecule has 7 nitrogen and oxygen atoms in total. The number of methoxy groups -OCH3 is 1. The van der Waals surface area contributed by atoms with Gasteiger partial charge in [0, 0.05) is 12.3 Å². The van der Waals surface area contributed by atoms with Crippen LogP contribution in [-0.4, -0.2) is 36.0 Å². The number of aliphatic hydroxyl groups is 1. The van der Waals surface area contributed by atoms with Crippen LogP contribution in [0.5, 0.6) is 5.75 Å². The van der Waals surface area contributed by atoms with E-state index in [2.05, 4.69) is 11.4 Å². The topological polar surface area (TPSA) is 102 Å². The molecule has 1 aliphatic rings. The number of carbonyl (C=O) groups excluding carboxylic acids is 3. The van der Waals surface area contributed by atoms with Gasteiger partial charge in [-0.15, -0.1) is 0 Å². The molecule has 3 unspecified atom stereocenters. The van der Waals surface area contributed by atoms with Gasteiger partial charge in [0.25, 0.3) is 0 Å². The van der Waals surface area contributed by atoms with E-state index in [0.717, 1.165) is 36.0 Å². The lowest BCUT2D eigenvalue weighted by atomic mass is 9.87. The van der Waals surface area contributed by atoms with E-state index in [0.29, 0.717) is 24.3 Å². The van der Waals surface area contributed by atoms with Crippen molar-refractivity contribution in [3.63, 3.8) is 0 Å². The molecule has 4 rings (SSSR count). The van der Waals surface area contributed by atoms with Crippen molar-refractivity contribution in [3.8, 4) is 5.75 Å². The molecule has 0 aromatic heterocycles. The maximum atomic E-state index is 12.8. The SMILES string of the molecule is COC(=O)c1ccc(COc2ccc(CC(C)C(=O)CC(O)C(=O)NC3CCCc4ccccc43)cc2)cc1. The Hall–Kier alpha value is -3.97. The molecule has 0 spiro atoms. The van der Waals surface area contributed by atoms with E-state index in [-0.39, 0.29) is 30.1 Å². The molecule has 0 bridgehead atoms. The van der Waals surface area contributed by atoms with Crippen molar-refractivity contribution in [2.45, 2.75) is 57.8 Å². The predicted octanol–water partition coefficient (Wildman–Crippen LogP) is 4.74. The minimum atomic E-state index is -1.37. The molecule has 39 heavy (non-hydrogen) atoms. The number of nitrogens with one attached hydrogen (secondary N) is 1. The predicted molar refractivity (Wildman–Crippen MR) is 147 cm³/mol. The van der Waals surface area contributed by atoms with Gasteiger partial charge in [0.2, 0.25) is 5.91 Å². The van der Waals surface area contributed by atoms with Crippen molar-refractivity contribution in [2.75, 3.05) is 7.11 Å². The first-order valence-corrected chi connectivity index (χ1v) is 13.3. The minimum absolute atomic E-state index is 0.135. The number of benzene rings is 3. The van der Waals surface area contributed by atoms with Crippen molar-refractivity contribution >= 4 is 17.7 Å². The van der Waals surface area contributed by atoms with Crippen molar-refractivity contribution < 1.29 is 29.0 Å². The maximum Gasteiger partial charge on any atom is 0.337 e. The molecule has 0 aliphatic heterocycles. The highest BCUT2D eigenvalue weighted by molar-refractivity contribution is 5.90. The molecule has 0 saturated carbocycles. The lowest BCUT2D eigenvalue weighted by Crippen LogP contribution is -2.40. The normalized spacial score (nSPS) is 15.9. The first-order valence-electron chi connectivity index (χ1n) is 13.3. The lowest BCUT2D eigenvalue weighted by molar-refractivity contribution is -0.135. The molecule has 1 aliphatic carbocycles. The summed E-state index contributed by atoms with van der Waals surface area (Å²) in [6.07, 6.45) is 1.70. The highest BCUT2D eigenvalue weighted by atomic mass is 16.5. The summed E-state index contributed by atoms with van der Waals surface area (Å²) in [6.45, 7) is 2.16. The number of hydrogen-bond acceptors (Lipinski definition) is 6. The van der Waals surface area contributed by atoms with Crippen LogP contribution in [-0.2, 0) is 33.8 Å². The molecular formula is C32H35NO6. The van der Waals surface area contributed by atoms with Crippen molar-refractivity contribution in [1.29, 1.82) is 0 Å². The summed E-state index contributed by atoms with van der Waals surface area (Å²) >= 11 is 0. The van der Waals surface area contributed by atoms with Crippen LogP contribution >= 0.6 is 0 Å². The van der Waals surface area contributed by atoms with Gasteiger partial charge in [-0.2, -0.15) is 0 Å². The number of hydrogen-bond donors (Lipinski definition) is 2. The summed E-state index contributed by atoms with van der Waals surface area (Å²) < 4.78 is 10.5. The Bertz CT molecular complexity index is 1280. The zero-order valence-electron chi connectivity index (χ0n) is 22.4. The van der Waals surface area contributed by atoms with Gasteiger partial charge >= 0.3 is 5.97 Å². The standard InChI is InChI=1S/C32H35NO6/c1-21(29(34)19-30(35)31(36)33-28-9-5-7-24-6-3-4-8-27(24)28)18-22-12-16-26(17-13-22)39-20-23-10-14-25(15-11-23)32(37)38-2/h3-4,6,8,10-17,21,28,30,35H,5,7,9,18-20H2,1-2H3,(H,33,36). The smallest absolute Gasteiger partial charge is 0.337 e. The molecule has 0 fully saturated rings. The Balaban J connectivity index is 1.23. The number of carbonyl (C=O) groups is 3. The third-order valence-corrected chi connectivity index (χ3v) is 7.18. The Kier molecular flexibility index (Phi) is 9.49. The molecule has 0 saturated heterocycles. The first kappa shape index (κ1) is 28.0. The van der Waals surface area contributed by atoms with E-state index in [1.165, 1.54) is 12.7 Å². The minimum Gasteiger partial charge on any atom is -0.489 e. The summed E-state index contributed by atoms with van der Waals surface area (Å²) in [6, 6.07) is 22.4. The second-order valence-corrected chi connectivity index (χ2v) is 10.1. The van der Waals surface area contributed by atoms with Crippen LogP contribution in [0.15, 0.2) is 72.8 Å². The molecule has 1 amide bonds. The summed E-state index contributed by atoms with van der Waals surface area (Å²) in [5.41, 5.74) is 4.67. The molecule has 0 heterocycles. The third kappa shape index (κ3) is 7.54. The fourth-order valence-electron chi connectivity index (χ4n) is 4.87. The zero-order valence-corrected chi connectivity index (χ0v) is 22.4. The number of fused-ring (bicyclic) bond motifs is 1. The Morgan fingerprint density at radius 1 is 0.974 bits per heavy atom. The lowest BCUT2D eigenvalue weighted by Gasteiger charge is -2.27. The van der Waals surface area contributed by atoms with Crippen LogP contribution in [0.4, 0.5) is 0 Å². The largest absolute Gasteiger partial charge is 0.489 e. The quantitative estimate of drug-likeness (QED) is 0.348. The molecule has 3 aromatic carbocycles. The van der Waals surface area contributed by atoms with E-state index in [1.807, 2.05) is 61.5 Å². The van der Waals surface area contributed by atoms with E-state index >= 15 is 0 Å². The number of ketones is 1. The fraction of sp³-hybridized carbons (Fsp3) is 0.344. The molecule has 3 atom stereocenters. The van der Waals surface area contributed by atoms with Crippen LogP contribution in [0.1, 0.15) is 64.8 Å². The number of ether oxygens (including phenoxy) is 2. The van der Waals surface area contributed by atoms with Crippen LogP contribution in [0.3, 0.4) is 0 Å². The van der Waals surface area contributed by atoms with Crippen molar-refractivity contribution in [1.82, 2.24) is 5.32 Å². The van der Waals surface area contributed by atoms with Gasteiger partial charge in [0.1, 0.15) is 24.2 Å². The average Bonchev–Trinajstić information content (AvgIpc) is 2.96. The first-order chi connectivity index (χ1) is 18.8. The van der Waals surface area contributed by atoms with Gasteiger partial charge in [-0.25, -0.2) is 4.79 Å². The number of amides is 1. The van der Waals surface area contributed by atoms with Gasteiger partial charge in [-0.3, -0.25) is 9.59 Å². The second kappa shape index (κ2) is 13.2. The molecular weight excluding hydrogens is 494 g/mol. The van der Waals surface area contributed by atoms with Crippen LogP contribution in [0.25, 0.3) is 0 Å². The number of esters is 1.